The predicted molar refractivity (Wildman–Crippen MR) is 49.7 cm³/mol. The number of rotatable bonds is 9. The van der Waals surface area contributed by atoms with Gasteiger partial charge in [0.2, 0.25) is 0 Å². The van der Waals surface area contributed by atoms with E-state index in [-0.39, 0.29) is 6.54 Å². The molecule has 0 radical (unpaired) electrons. The average molecular weight is 206 g/mol. The summed E-state index contributed by atoms with van der Waals surface area (Å²) in [5.74, 6) is 0. The van der Waals surface area contributed by atoms with Crippen molar-refractivity contribution in [2.45, 2.75) is 0 Å². The molecule has 0 aliphatic heterocycles. The fraction of sp³-hybridized carbons (Fsp3) is 0.429. The maximum Gasteiger partial charge on any atom is 0.0737 e. The minimum atomic E-state index is 0.267. The van der Waals surface area contributed by atoms with E-state index in [4.69, 9.17) is 15.0 Å². The fourth-order valence-electron chi connectivity index (χ4n) is 0.592. The molecule has 0 spiro atoms. The Bertz CT molecular complexity index is 167. The van der Waals surface area contributed by atoms with Crippen LogP contribution in [0.5, 0.6) is 0 Å². The Kier molecular flexibility index (Phi) is 8.28. The van der Waals surface area contributed by atoms with Gasteiger partial charge in [-0.05, 0) is 10.5 Å². The van der Waals surface area contributed by atoms with Gasteiger partial charge in [-0.3, -0.25) is 4.84 Å². The molecule has 0 heterocycles. The first-order valence-electron chi connectivity index (χ1n) is 3.86. The van der Waals surface area contributed by atoms with Crippen molar-refractivity contribution in [1.29, 1.82) is 0 Å². The van der Waals surface area contributed by atoms with Gasteiger partial charge in [-0.25, -0.2) is 0 Å². The van der Waals surface area contributed by atoms with E-state index in [0.29, 0.717) is 6.54 Å². The Labute approximate surface area is 82.5 Å². The minimum absolute atomic E-state index is 0.267. The molecule has 0 aromatic heterocycles. The van der Waals surface area contributed by atoms with Crippen LogP contribution < -0.4 is 5.64 Å². The van der Waals surface area contributed by atoms with Crippen LogP contribution in [0.4, 0.5) is 0 Å². The highest BCUT2D eigenvalue weighted by molar-refractivity contribution is 4.67. The smallest absolute Gasteiger partial charge is 0.0737 e. The Morgan fingerprint density at radius 3 is 2.29 bits per heavy atom. The maximum atomic E-state index is 6.61. The minimum Gasteiger partial charge on any atom is -0.317 e. The SMILES string of the molecule is C=CCN(OC)ON(CC=C)ON[OH2+]. The Balaban J connectivity index is 3.95. The molecular formula is C7H16N3O4+. The van der Waals surface area contributed by atoms with Crippen molar-refractivity contribution >= 4 is 0 Å². The lowest BCUT2D eigenvalue weighted by molar-refractivity contribution is -0.542. The molecule has 0 rings (SSSR count). The van der Waals surface area contributed by atoms with Crippen LogP contribution in [0.2, 0.25) is 0 Å². The van der Waals surface area contributed by atoms with Crippen LogP contribution in [0.25, 0.3) is 0 Å². The van der Waals surface area contributed by atoms with Gasteiger partial charge >= 0.3 is 0 Å². The molecule has 0 aromatic rings. The summed E-state index contributed by atoms with van der Waals surface area (Å²) < 4.78 is 0. The first-order chi connectivity index (χ1) is 6.78. The van der Waals surface area contributed by atoms with Gasteiger partial charge in [0.15, 0.2) is 0 Å². The summed E-state index contributed by atoms with van der Waals surface area (Å²) in [5.41, 5.74) is 1.72. The zero-order chi connectivity index (χ0) is 10.8. The highest BCUT2D eigenvalue weighted by Gasteiger charge is 2.11. The number of nitrogens with zero attached hydrogens (tertiary/aromatic N) is 2. The Morgan fingerprint density at radius 1 is 1.29 bits per heavy atom. The summed E-state index contributed by atoms with van der Waals surface area (Å²) in [5, 5.41) is 8.71. The highest BCUT2D eigenvalue weighted by Crippen LogP contribution is 1.97. The van der Waals surface area contributed by atoms with Crippen molar-refractivity contribution in [2.24, 2.45) is 0 Å². The third-order valence-electron chi connectivity index (χ3n) is 1.09. The van der Waals surface area contributed by atoms with Crippen molar-refractivity contribution in [2.75, 3.05) is 20.2 Å². The summed E-state index contributed by atoms with van der Waals surface area (Å²) in [4.78, 5) is 14.4. The van der Waals surface area contributed by atoms with Crippen LogP contribution in [0.1, 0.15) is 0 Å². The molecule has 0 saturated heterocycles. The second-order valence-electron chi connectivity index (χ2n) is 2.07. The van der Waals surface area contributed by atoms with Crippen molar-refractivity contribution in [3.8, 4) is 0 Å². The number of hydrogen-bond donors (Lipinski definition) is 1. The highest BCUT2D eigenvalue weighted by atomic mass is 17.2. The zero-order valence-corrected chi connectivity index (χ0v) is 8.10. The monoisotopic (exact) mass is 206 g/mol. The van der Waals surface area contributed by atoms with E-state index in [1.54, 1.807) is 17.8 Å². The van der Waals surface area contributed by atoms with Gasteiger partial charge in [-0.2, -0.15) is 4.94 Å². The van der Waals surface area contributed by atoms with Gasteiger partial charge in [-0.1, -0.05) is 12.2 Å². The van der Waals surface area contributed by atoms with Gasteiger partial charge in [-0.15, -0.1) is 18.1 Å². The molecule has 0 aliphatic rings. The van der Waals surface area contributed by atoms with Gasteiger partial charge in [0.25, 0.3) is 0 Å². The van der Waals surface area contributed by atoms with Crippen molar-refractivity contribution in [3.63, 3.8) is 0 Å². The molecule has 0 saturated carbocycles. The number of hydroxylamine groups is 4. The van der Waals surface area contributed by atoms with Crippen LogP contribution >= 0.6 is 0 Å². The van der Waals surface area contributed by atoms with Gasteiger partial charge in [0, 0.05) is 0 Å². The van der Waals surface area contributed by atoms with Crippen LogP contribution in [0, 0.1) is 0 Å². The third-order valence-corrected chi connectivity index (χ3v) is 1.09. The molecule has 0 aliphatic carbocycles. The van der Waals surface area contributed by atoms with E-state index in [1.807, 2.05) is 0 Å². The van der Waals surface area contributed by atoms with Gasteiger partial charge in [0.1, 0.15) is 0 Å². The standard InChI is InChI=1S/C7H15N3O4/c1-4-6-9(12-3)14-10(7-5-2)13-8-11/h4-5,8,11H,1-2,6-7H2,3H3/p+1. The molecule has 3 N–H and O–H groups in total. The first kappa shape index (κ1) is 13.2. The molecule has 7 nitrogen and oxygen atoms in total. The number of nitrogens with one attached hydrogen (secondary N) is 1. The Hall–Kier alpha value is -0.800. The summed E-state index contributed by atoms with van der Waals surface area (Å²) in [7, 11) is 1.43. The molecule has 0 fully saturated rings. The fourth-order valence-corrected chi connectivity index (χ4v) is 0.592. The molecule has 7 heteroatoms. The molecule has 14 heavy (non-hydrogen) atoms. The van der Waals surface area contributed by atoms with Gasteiger partial charge in [0.05, 0.1) is 25.8 Å². The van der Waals surface area contributed by atoms with Crippen molar-refractivity contribution < 1.29 is 19.9 Å². The summed E-state index contributed by atoms with van der Waals surface area (Å²) in [6.07, 6.45) is 3.13. The Morgan fingerprint density at radius 2 is 1.86 bits per heavy atom. The molecule has 0 aromatic carbocycles. The maximum absolute atomic E-state index is 6.61. The van der Waals surface area contributed by atoms with Crippen molar-refractivity contribution in [3.05, 3.63) is 25.3 Å². The lowest BCUT2D eigenvalue weighted by Gasteiger charge is -2.22. The van der Waals surface area contributed by atoms with Gasteiger partial charge < -0.3 is 5.21 Å². The largest absolute Gasteiger partial charge is 0.317 e. The summed E-state index contributed by atoms with van der Waals surface area (Å²) in [6, 6.07) is 0. The number of hydrogen-bond acceptors (Lipinski definition) is 6. The van der Waals surface area contributed by atoms with E-state index in [1.165, 1.54) is 7.11 Å². The molecule has 0 atom stereocenters. The molecular weight excluding hydrogens is 190 g/mol. The summed E-state index contributed by atoms with van der Waals surface area (Å²) >= 11 is 0. The lowest BCUT2D eigenvalue weighted by Crippen LogP contribution is -2.38. The predicted octanol–water partition coefficient (Wildman–Crippen LogP) is -0.554. The summed E-state index contributed by atoms with van der Waals surface area (Å²) in [6.45, 7) is 7.62. The molecule has 0 bridgehead atoms. The van der Waals surface area contributed by atoms with E-state index >= 15 is 0 Å². The first-order valence-corrected chi connectivity index (χ1v) is 3.86. The van der Waals surface area contributed by atoms with Crippen molar-refractivity contribution in [1.82, 2.24) is 16.1 Å². The van der Waals surface area contributed by atoms with Crippen LogP contribution in [0.15, 0.2) is 25.3 Å². The van der Waals surface area contributed by atoms with E-state index < -0.39 is 0 Å². The van der Waals surface area contributed by atoms with Crippen LogP contribution in [-0.4, -0.2) is 35.9 Å². The zero-order valence-electron chi connectivity index (χ0n) is 8.10. The quantitative estimate of drug-likeness (QED) is 0.310. The molecule has 0 unspecified atom stereocenters. The second kappa shape index (κ2) is 8.78. The average Bonchev–Trinajstić information content (AvgIpc) is 2.18. The van der Waals surface area contributed by atoms with E-state index in [9.17, 15) is 0 Å². The lowest BCUT2D eigenvalue weighted by atomic mass is 10.6. The molecule has 82 valence electrons. The topological polar surface area (TPSA) is 69.1 Å². The van der Waals surface area contributed by atoms with E-state index in [0.717, 1.165) is 10.5 Å². The molecule has 0 amide bonds. The normalized spacial score (nSPS) is 10.9. The third kappa shape index (κ3) is 5.78. The van der Waals surface area contributed by atoms with Crippen LogP contribution in [-0.2, 0) is 14.7 Å². The second-order valence-corrected chi connectivity index (χ2v) is 2.07. The van der Waals surface area contributed by atoms with E-state index in [2.05, 4.69) is 18.1 Å². The van der Waals surface area contributed by atoms with Crippen LogP contribution in [0.3, 0.4) is 0 Å².